The fourth-order valence-corrected chi connectivity index (χ4v) is 5.27. The Hall–Kier alpha value is -3.20. The van der Waals surface area contributed by atoms with Crippen LogP contribution in [0.25, 0.3) is 11.3 Å². The highest BCUT2D eigenvalue weighted by Gasteiger charge is 2.34. The molecule has 1 amide bonds. The molecule has 184 valence electrons. The third kappa shape index (κ3) is 5.24. The third-order valence-corrected chi connectivity index (χ3v) is 7.02. The zero-order valence-corrected chi connectivity index (χ0v) is 19.4. The zero-order valence-electron chi connectivity index (χ0n) is 19.4. The highest BCUT2D eigenvalue weighted by molar-refractivity contribution is 5.77. The Kier molecular flexibility index (Phi) is 6.60. The van der Waals surface area contributed by atoms with Crippen LogP contribution in [0.4, 0.5) is 13.2 Å². The molecule has 0 bridgehead atoms. The van der Waals surface area contributed by atoms with Crippen molar-refractivity contribution in [3.05, 3.63) is 71.2 Å². The van der Waals surface area contributed by atoms with Gasteiger partial charge in [0, 0.05) is 68.2 Å². The van der Waals surface area contributed by atoms with Gasteiger partial charge in [-0.1, -0.05) is 18.2 Å². The smallest absolute Gasteiger partial charge is 0.338 e. The van der Waals surface area contributed by atoms with E-state index in [0.717, 1.165) is 54.4 Å². The molecule has 2 aliphatic heterocycles. The monoisotopic (exact) mass is 483 g/mol. The second-order valence-electron chi connectivity index (χ2n) is 9.43. The summed E-state index contributed by atoms with van der Waals surface area (Å²) in [6.07, 6.45) is 2.02. The first kappa shape index (κ1) is 23.5. The Balaban J connectivity index is 1.22. The van der Waals surface area contributed by atoms with Crippen LogP contribution < -0.4 is 0 Å². The van der Waals surface area contributed by atoms with Crippen LogP contribution in [0.1, 0.15) is 41.6 Å². The number of hydrogen-bond donors (Lipinski definition) is 1. The summed E-state index contributed by atoms with van der Waals surface area (Å²) in [5.41, 5.74) is 3.64. The van der Waals surface area contributed by atoms with Gasteiger partial charge < -0.3 is 4.90 Å². The van der Waals surface area contributed by atoms with Crippen molar-refractivity contribution in [1.29, 1.82) is 0 Å². The second-order valence-corrected chi connectivity index (χ2v) is 9.43. The van der Waals surface area contributed by atoms with E-state index in [4.69, 9.17) is 0 Å². The Morgan fingerprint density at radius 3 is 2.71 bits per heavy atom. The number of benzene rings is 1. The van der Waals surface area contributed by atoms with Crippen LogP contribution in [0.2, 0.25) is 0 Å². The van der Waals surface area contributed by atoms with E-state index in [1.807, 2.05) is 17.0 Å². The standard InChI is InChI=1S/C26H28F3N5O/c27-26(28,29)22-6-2-1-5-20(22)16-33-12-3-4-18(15-33)14-24(35)34-13-9-23-21(17-34)25(32-31-23)19-7-10-30-11-8-19/h1-2,5-8,10-11,18H,3-4,9,12-17H2,(H,31,32)/t18-/m0/s1. The summed E-state index contributed by atoms with van der Waals surface area (Å²) in [6.45, 7) is 2.77. The van der Waals surface area contributed by atoms with Gasteiger partial charge in [0.15, 0.2) is 0 Å². The summed E-state index contributed by atoms with van der Waals surface area (Å²) in [7, 11) is 0. The molecule has 6 nitrogen and oxygen atoms in total. The summed E-state index contributed by atoms with van der Waals surface area (Å²) < 4.78 is 40.2. The number of pyridine rings is 1. The molecular weight excluding hydrogens is 455 g/mol. The Bertz CT molecular complexity index is 1180. The number of aromatic amines is 1. The van der Waals surface area contributed by atoms with E-state index in [1.54, 1.807) is 24.5 Å². The molecule has 5 rings (SSSR count). The fraction of sp³-hybridized carbons (Fsp3) is 0.423. The number of nitrogens with one attached hydrogen (secondary N) is 1. The molecule has 1 fully saturated rings. The molecule has 0 saturated carbocycles. The molecule has 9 heteroatoms. The number of amides is 1. The molecule has 1 saturated heterocycles. The van der Waals surface area contributed by atoms with Crippen molar-refractivity contribution in [2.75, 3.05) is 19.6 Å². The van der Waals surface area contributed by atoms with E-state index < -0.39 is 11.7 Å². The van der Waals surface area contributed by atoms with Gasteiger partial charge in [-0.25, -0.2) is 0 Å². The molecule has 1 N–H and O–H groups in total. The van der Waals surface area contributed by atoms with Gasteiger partial charge in [-0.2, -0.15) is 18.3 Å². The van der Waals surface area contributed by atoms with Crippen LogP contribution in [-0.2, 0) is 30.5 Å². The number of aromatic nitrogens is 3. The Labute approximate surface area is 202 Å². The molecule has 0 spiro atoms. The van der Waals surface area contributed by atoms with Crippen molar-refractivity contribution in [2.24, 2.45) is 5.92 Å². The highest BCUT2D eigenvalue weighted by Crippen LogP contribution is 2.33. The number of hydrogen-bond acceptors (Lipinski definition) is 4. The summed E-state index contributed by atoms with van der Waals surface area (Å²) in [6, 6.07) is 9.58. The lowest BCUT2D eigenvalue weighted by Gasteiger charge is -2.34. The first-order chi connectivity index (χ1) is 16.9. The number of alkyl halides is 3. The van der Waals surface area contributed by atoms with E-state index >= 15 is 0 Å². The number of fused-ring (bicyclic) bond motifs is 1. The third-order valence-electron chi connectivity index (χ3n) is 7.02. The Morgan fingerprint density at radius 1 is 1.11 bits per heavy atom. The van der Waals surface area contributed by atoms with Crippen molar-refractivity contribution < 1.29 is 18.0 Å². The molecule has 1 aromatic carbocycles. The van der Waals surface area contributed by atoms with E-state index in [9.17, 15) is 18.0 Å². The fourth-order valence-electron chi connectivity index (χ4n) is 5.27. The largest absolute Gasteiger partial charge is 0.416 e. The van der Waals surface area contributed by atoms with E-state index in [2.05, 4.69) is 20.1 Å². The van der Waals surface area contributed by atoms with Crippen molar-refractivity contribution in [1.82, 2.24) is 25.0 Å². The van der Waals surface area contributed by atoms with Gasteiger partial charge in [-0.3, -0.25) is 19.8 Å². The van der Waals surface area contributed by atoms with Gasteiger partial charge in [0.05, 0.1) is 11.3 Å². The number of carbonyl (C=O) groups is 1. The minimum absolute atomic E-state index is 0.0973. The number of piperidine rings is 1. The highest BCUT2D eigenvalue weighted by atomic mass is 19.4. The van der Waals surface area contributed by atoms with Gasteiger partial charge in [0.1, 0.15) is 0 Å². The first-order valence-electron chi connectivity index (χ1n) is 12.0. The average Bonchev–Trinajstić information content (AvgIpc) is 3.28. The minimum Gasteiger partial charge on any atom is -0.338 e. The van der Waals surface area contributed by atoms with Gasteiger partial charge >= 0.3 is 6.18 Å². The molecule has 35 heavy (non-hydrogen) atoms. The van der Waals surface area contributed by atoms with Gasteiger partial charge in [0.25, 0.3) is 0 Å². The number of rotatable bonds is 5. The maximum Gasteiger partial charge on any atom is 0.416 e. The quantitative estimate of drug-likeness (QED) is 0.573. The molecule has 3 aromatic rings. The topological polar surface area (TPSA) is 65.1 Å². The summed E-state index contributed by atoms with van der Waals surface area (Å²) in [5.74, 6) is 0.236. The first-order valence-corrected chi connectivity index (χ1v) is 12.0. The number of H-pyrrole nitrogens is 1. The summed E-state index contributed by atoms with van der Waals surface area (Å²) >= 11 is 0. The summed E-state index contributed by atoms with van der Waals surface area (Å²) in [5, 5.41) is 7.59. The Morgan fingerprint density at radius 2 is 1.91 bits per heavy atom. The lowest BCUT2D eigenvalue weighted by molar-refractivity contribution is -0.138. The van der Waals surface area contributed by atoms with Crippen LogP contribution in [0.3, 0.4) is 0 Å². The van der Waals surface area contributed by atoms with Gasteiger partial charge in [-0.15, -0.1) is 0 Å². The molecule has 0 radical (unpaired) electrons. The van der Waals surface area contributed by atoms with Crippen LogP contribution in [0.15, 0.2) is 48.8 Å². The second kappa shape index (κ2) is 9.81. The molecule has 0 unspecified atom stereocenters. The van der Waals surface area contributed by atoms with Crippen molar-refractivity contribution in [2.45, 2.75) is 44.9 Å². The molecule has 2 aliphatic rings. The molecule has 4 heterocycles. The molecular formula is C26H28F3N5O. The van der Waals surface area contributed by atoms with Crippen LogP contribution in [0, 0.1) is 5.92 Å². The number of carbonyl (C=O) groups excluding carboxylic acids is 1. The van der Waals surface area contributed by atoms with E-state index in [-0.39, 0.29) is 18.4 Å². The van der Waals surface area contributed by atoms with Crippen LogP contribution in [0.5, 0.6) is 0 Å². The SMILES string of the molecule is O=C(C[C@@H]1CCCN(Cc2ccccc2C(F)(F)F)C1)N1CCc2[nH]nc(-c3ccncc3)c2C1. The van der Waals surface area contributed by atoms with E-state index in [0.29, 0.717) is 31.6 Å². The number of nitrogens with zero attached hydrogens (tertiary/aromatic N) is 4. The lowest BCUT2D eigenvalue weighted by Crippen LogP contribution is -2.40. The van der Waals surface area contributed by atoms with Crippen molar-refractivity contribution in [3.8, 4) is 11.3 Å². The summed E-state index contributed by atoms with van der Waals surface area (Å²) in [4.78, 5) is 21.2. The maximum absolute atomic E-state index is 13.4. The van der Waals surface area contributed by atoms with Crippen LogP contribution >= 0.6 is 0 Å². The molecule has 2 aromatic heterocycles. The number of halogens is 3. The van der Waals surface area contributed by atoms with E-state index in [1.165, 1.54) is 6.07 Å². The predicted molar refractivity (Wildman–Crippen MR) is 125 cm³/mol. The van der Waals surface area contributed by atoms with Crippen LogP contribution in [-0.4, -0.2) is 50.5 Å². The molecule has 1 atom stereocenters. The molecule has 0 aliphatic carbocycles. The normalized spacial score (nSPS) is 18.9. The lowest BCUT2D eigenvalue weighted by atomic mass is 9.93. The predicted octanol–water partition coefficient (Wildman–Crippen LogP) is 4.68. The zero-order chi connectivity index (χ0) is 24.4. The van der Waals surface area contributed by atoms with Gasteiger partial charge in [0.2, 0.25) is 5.91 Å². The van der Waals surface area contributed by atoms with Crippen molar-refractivity contribution >= 4 is 5.91 Å². The van der Waals surface area contributed by atoms with Crippen molar-refractivity contribution in [3.63, 3.8) is 0 Å². The maximum atomic E-state index is 13.4. The minimum atomic E-state index is -4.36. The van der Waals surface area contributed by atoms with Gasteiger partial charge in [-0.05, 0) is 49.1 Å². The number of likely N-dealkylation sites (tertiary alicyclic amines) is 1. The average molecular weight is 484 g/mol.